The van der Waals surface area contributed by atoms with Crippen molar-refractivity contribution in [1.82, 2.24) is 9.55 Å². The van der Waals surface area contributed by atoms with Crippen LogP contribution in [-0.2, 0) is 6.54 Å². The van der Waals surface area contributed by atoms with Gasteiger partial charge in [-0.15, -0.1) is 0 Å². The zero-order valence-electron chi connectivity index (χ0n) is 9.85. The van der Waals surface area contributed by atoms with Crippen molar-refractivity contribution < 1.29 is 9.90 Å². The Morgan fingerprint density at radius 2 is 2.22 bits per heavy atom. The number of hydrogen-bond donors (Lipinski definition) is 2. The van der Waals surface area contributed by atoms with Crippen LogP contribution in [0.1, 0.15) is 29.6 Å². The first-order valence-electron chi connectivity index (χ1n) is 6.11. The Morgan fingerprint density at radius 3 is 2.89 bits per heavy atom. The number of H-pyrrole nitrogens is 1. The molecule has 0 unspecified atom stereocenters. The molecule has 1 aliphatic carbocycles. The van der Waals surface area contributed by atoms with Crippen LogP contribution in [0, 0.1) is 5.92 Å². The summed E-state index contributed by atoms with van der Waals surface area (Å²) in [5.74, 6) is -0.293. The minimum Gasteiger partial charge on any atom is -0.478 e. The van der Waals surface area contributed by atoms with Gasteiger partial charge in [-0.1, -0.05) is 18.9 Å². The van der Waals surface area contributed by atoms with Gasteiger partial charge in [0.25, 0.3) is 0 Å². The Bertz CT molecular complexity index is 664. The van der Waals surface area contributed by atoms with E-state index in [4.69, 9.17) is 0 Å². The quantitative estimate of drug-likeness (QED) is 0.864. The number of aryl methyl sites for hydroxylation is 1. The van der Waals surface area contributed by atoms with Crippen molar-refractivity contribution in [2.75, 3.05) is 0 Å². The molecule has 1 aromatic heterocycles. The molecule has 2 aromatic rings. The number of carbonyl (C=O) groups is 1. The van der Waals surface area contributed by atoms with Crippen LogP contribution in [0.15, 0.2) is 23.0 Å². The Kier molecular flexibility index (Phi) is 2.47. The number of aromatic amines is 1. The highest BCUT2D eigenvalue weighted by molar-refractivity contribution is 6.01. The monoisotopic (exact) mass is 246 g/mol. The van der Waals surface area contributed by atoms with Crippen LogP contribution in [0.25, 0.3) is 11.0 Å². The van der Waals surface area contributed by atoms with Gasteiger partial charge >= 0.3 is 11.7 Å². The maximum absolute atomic E-state index is 11.9. The zero-order chi connectivity index (χ0) is 12.7. The fourth-order valence-electron chi connectivity index (χ4n) is 2.32. The van der Waals surface area contributed by atoms with Crippen LogP contribution >= 0.6 is 0 Å². The van der Waals surface area contributed by atoms with E-state index in [0.717, 1.165) is 6.42 Å². The van der Waals surface area contributed by atoms with Crippen molar-refractivity contribution in [2.45, 2.75) is 25.8 Å². The number of aromatic nitrogens is 2. The van der Waals surface area contributed by atoms with Crippen molar-refractivity contribution in [2.24, 2.45) is 5.92 Å². The smallest absolute Gasteiger partial charge is 0.337 e. The van der Waals surface area contributed by atoms with Crippen molar-refractivity contribution in [3.05, 3.63) is 34.2 Å². The first-order chi connectivity index (χ1) is 8.66. The Morgan fingerprint density at radius 1 is 1.44 bits per heavy atom. The zero-order valence-corrected chi connectivity index (χ0v) is 9.85. The fraction of sp³-hybridized carbons (Fsp3) is 0.385. The summed E-state index contributed by atoms with van der Waals surface area (Å²) in [4.78, 5) is 25.8. The summed E-state index contributed by atoms with van der Waals surface area (Å²) in [5, 5.41) is 9.18. The third kappa shape index (κ3) is 1.81. The maximum Gasteiger partial charge on any atom is 0.337 e. The van der Waals surface area contributed by atoms with Crippen LogP contribution in [0.5, 0.6) is 0 Å². The number of benzene rings is 1. The highest BCUT2D eigenvalue weighted by atomic mass is 16.4. The van der Waals surface area contributed by atoms with Crippen molar-refractivity contribution >= 4 is 17.0 Å². The van der Waals surface area contributed by atoms with E-state index in [2.05, 4.69) is 4.98 Å². The molecule has 0 saturated heterocycles. The van der Waals surface area contributed by atoms with Gasteiger partial charge in [-0.2, -0.15) is 0 Å². The SMILES string of the molecule is O=C(O)c1cccc2[nH]c(=O)n(CCC3CC3)c12. The van der Waals surface area contributed by atoms with Gasteiger partial charge in [-0.3, -0.25) is 4.57 Å². The summed E-state index contributed by atoms with van der Waals surface area (Å²) >= 11 is 0. The molecule has 94 valence electrons. The van der Waals surface area contributed by atoms with Crippen LogP contribution < -0.4 is 5.69 Å². The second-order valence-corrected chi connectivity index (χ2v) is 4.82. The molecule has 5 nitrogen and oxygen atoms in total. The molecule has 0 spiro atoms. The topological polar surface area (TPSA) is 75.1 Å². The first kappa shape index (κ1) is 11.1. The molecule has 1 heterocycles. The molecule has 1 aromatic carbocycles. The molecule has 18 heavy (non-hydrogen) atoms. The van der Waals surface area contributed by atoms with E-state index >= 15 is 0 Å². The summed E-state index contributed by atoms with van der Waals surface area (Å²) in [6, 6.07) is 4.91. The number of carboxylic acids is 1. The standard InChI is InChI=1S/C13H14N2O3/c16-12(17)9-2-1-3-10-11(9)15(13(18)14-10)7-6-8-4-5-8/h1-3,8H,4-7H2,(H,14,18)(H,16,17). The second-order valence-electron chi connectivity index (χ2n) is 4.82. The third-order valence-electron chi connectivity index (χ3n) is 3.48. The normalized spacial score (nSPS) is 15.1. The molecule has 0 amide bonds. The van der Waals surface area contributed by atoms with Gasteiger partial charge in [0.2, 0.25) is 0 Å². The number of rotatable bonds is 4. The maximum atomic E-state index is 11.9. The molecule has 5 heteroatoms. The van der Waals surface area contributed by atoms with E-state index in [9.17, 15) is 14.7 Å². The number of aromatic carboxylic acids is 1. The van der Waals surface area contributed by atoms with Gasteiger partial charge in [-0.05, 0) is 24.5 Å². The van der Waals surface area contributed by atoms with Crippen LogP contribution in [0.3, 0.4) is 0 Å². The van der Waals surface area contributed by atoms with Gasteiger partial charge < -0.3 is 10.1 Å². The average molecular weight is 246 g/mol. The Hall–Kier alpha value is -2.04. The second kappa shape index (κ2) is 4.01. The van der Waals surface area contributed by atoms with Gasteiger partial charge in [0, 0.05) is 6.54 Å². The first-order valence-corrected chi connectivity index (χ1v) is 6.11. The summed E-state index contributed by atoms with van der Waals surface area (Å²) < 4.78 is 1.55. The minimum atomic E-state index is -1.00. The fourth-order valence-corrected chi connectivity index (χ4v) is 2.32. The Balaban J connectivity index is 2.12. The number of imidazole rings is 1. The van der Waals surface area contributed by atoms with Crippen LogP contribution in [-0.4, -0.2) is 20.6 Å². The summed E-state index contributed by atoms with van der Waals surface area (Å²) in [6.45, 7) is 0.591. The number of carboxylic acid groups (broad SMARTS) is 1. The molecule has 0 bridgehead atoms. The highest BCUT2D eigenvalue weighted by Gasteiger charge is 2.22. The summed E-state index contributed by atoms with van der Waals surface area (Å²) in [5.41, 5.74) is 1.06. The number of nitrogens with one attached hydrogen (secondary N) is 1. The predicted octanol–water partition coefficient (Wildman–Crippen LogP) is 1.83. The molecule has 3 rings (SSSR count). The predicted molar refractivity (Wildman–Crippen MR) is 66.9 cm³/mol. The largest absolute Gasteiger partial charge is 0.478 e. The van der Waals surface area contributed by atoms with Crippen molar-refractivity contribution in [3.63, 3.8) is 0 Å². The minimum absolute atomic E-state index is 0.182. The molecule has 0 radical (unpaired) electrons. The molecule has 0 atom stereocenters. The van der Waals surface area contributed by atoms with Gasteiger partial charge in [0.1, 0.15) is 0 Å². The molecule has 1 aliphatic rings. The lowest BCUT2D eigenvalue weighted by Crippen LogP contribution is -2.18. The van der Waals surface area contributed by atoms with E-state index < -0.39 is 5.97 Å². The van der Waals surface area contributed by atoms with Gasteiger partial charge in [-0.25, -0.2) is 9.59 Å². The van der Waals surface area contributed by atoms with E-state index in [-0.39, 0.29) is 11.3 Å². The van der Waals surface area contributed by atoms with E-state index in [0.29, 0.717) is 23.5 Å². The van der Waals surface area contributed by atoms with Crippen LogP contribution in [0.4, 0.5) is 0 Å². The lowest BCUT2D eigenvalue weighted by atomic mass is 10.2. The highest BCUT2D eigenvalue weighted by Crippen LogP contribution is 2.33. The van der Waals surface area contributed by atoms with Gasteiger partial charge in [0.05, 0.1) is 16.6 Å². The number of nitrogens with zero attached hydrogens (tertiary/aromatic N) is 1. The number of fused-ring (bicyclic) bond motifs is 1. The van der Waals surface area contributed by atoms with E-state index in [1.165, 1.54) is 18.9 Å². The van der Waals surface area contributed by atoms with E-state index in [1.807, 2.05) is 0 Å². The number of hydrogen-bond acceptors (Lipinski definition) is 2. The average Bonchev–Trinajstić information content (AvgIpc) is 3.09. The molecule has 0 aliphatic heterocycles. The molecule has 1 saturated carbocycles. The summed E-state index contributed by atoms with van der Waals surface area (Å²) in [7, 11) is 0. The molecule has 2 N–H and O–H groups in total. The summed E-state index contributed by atoms with van der Waals surface area (Å²) in [6.07, 6.45) is 3.40. The lowest BCUT2D eigenvalue weighted by molar-refractivity contribution is 0.0698. The molecular formula is C13H14N2O3. The van der Waals surface area contributed by atoms with E-state index in [1.54, 1.807) is 16.7 Å². The van der Waals surface area contributed by atoms with Crippen molar-refractivity contribution in [1.29, 1.82) is 0 Å². The molecule has 1 fully saturated rings. The van der Waals surface area contributed by atoms with Crippen LogP contribution in [0.2, 0.25) is 0 Å². The molecular weight excluding hydrogens is 232 g/mol. The van der Waals surface area contributed by atoms with Gasteiger partial charge in [0.15, 0.2) is 0 Å². The number of para-hydroxylation sites is 1. The van der Waals surface area contributed by atoms with Crippen molar-refractivity contribution in [3.8, 4) is 0 Å². The third-order valence-corrected chi connectivity index (χ3v) is 3.48. The lowest BCUT2D eigenvalue weighted by Gasteiger charge is -2.04. The Labute approximate surface area is 103 Å².